The predicted molar refractivity (Wildman–Crippen MR) is 58.2 cm³/mol. The molecular formula is C10H16N2S. The quantitative estimate of drug-likeness (QED) is 0.723. The molecule has 0 spiro atoms. The van der Waals surface area contributed by atoms with Gasteiger partial charge >= 0.3 is 0 Å². The van der Waals surface area contributed by atoms with Gasteiger partial charge in [0.05, 0.1) is 5.88 Å². The van der Waals surface area contributed by atoms with Crippen LogP contribution in [0.15, 0.2) is 22.4 Å². The third-order valence-electron chi connectivity index (χ3n) is 2.36. The van der Waals surface area contributed by atoms with E-state index in [1.807, 2.05) is 11.8 Å². The first-order valence-corrected chi connectivity index (χ1v) is 5.93. The van der Waals surface area contributed by atoms with E-state index in [-0.39, 0.29) is 0 Å². The summed E-state index contributed by atoms with van der Waals surface area (Å²) >= 11 is 1.92. The van der Waals surface area contributed by atoms with Gasteiger partial charge in [0.25, 0.3) is 0 Å². The Balaban J connectivity index is 1.99. The fourth-order valence-corrected chi connectivity index (χ4v) is 2.61. The zero-order valence-corrected chi connectivity index (χ0v) is 8.84. The lowest BCUT2D eigenvalue weighted by Crippen LogP contribution is -2.17. The van der Waals surface area contributed by atoms with Crippen LogP contribution in [-0.2, 0) is 0 Å². The van der Waals surface area contributed by atoms with Crippen molar-refractivity contribution < 1.29 is 0 Å². The minimum absolute atomic E-state index is 1.06. The van der Waals surface area contributed by atoms with E-state index in [1.165, 1.54) is 35.6 Å². The third-order valence-corrected chi connectivity index (χ3v) is 3.33. The lowest BCUT2D eigenvalue weighted by Gasteiger charge is -2.15. The number of hydrogen-bond donors (Lipinski definition) is 2. The van der Waals surface area contributed by atoms with Gasteiger partial charge in [0.15, 0.2) is 0 Å². The van der Waals surface area contributed by atoms with Crippen LogP contribution in [0.3, 0.4) is 0 Å². The summed E-state index contributed by atoms with van der Waals surface area (Å²) in [5.74, 6) is 1.06. The highest BCUT2D eigenvalue weighted by Crippen LogP contribution is 2.33. The SMILES string of the molecule is CCCNC1=CC2=C(CC1)NCS2. The smallest absolute Gasteiger partial charge is 0.0655 e. The zero-order valence-electron chi connectivity index (χ0n) is 8.02. The Morgan fingerprint density at radius 3 is 3.31 bits per heavy atom. The summed E-state index contributed by atoms with van der Waals surface area (Å²) in [7, 11) is 0. The predicted octanol–water partition coefficient (Wildman–Crippen LogP) is 2.17. The van der Waals surface area contributed by atoms with E-state index in [9.17, 15) is 0 Å². The molecule has 0 atom stereocenters. The van der Waals surface area contributed by atoms with Crippen molar-refractivity contribution in [3.63, 3.8) is 0 Å². The van der Waals surface area contributed by atoms with E-state index in [1.54, 1.807) is 0 Å². The van der Waals surface area contributed by atoms with Crippen LogP contribution in [0.2, 0.25) is 0 Å². The summed E-state index contributed by atoms with van der Waals surface area (Å²) in [6, 6.07) is 0. The van der Waals surface area contributed by atoms with Gasteiger partial charge in [-0.15, -0.1) is 11.8 Å². The molecule has 3 heteroatoms. The number of hydrogen-bond acceptors (Lipinski definition) is 3. The van der Waals surface area contributed by atoms with E-state index in [0.717, 1.165) is 12.4 Å². The number of thioether (sulfide) groups is 1. The van der Waals surface area contributed by atoms with Gasteiger partial charge in [0.2, 0.25) is 0 Å². The molecule has 0 radical (unpaired) electrons. The molecule has 0 aromatic carbocycles. The Hall–Kier alpha value is -0.570. The van der Waals surface area contributed by atoms with Crippen molar-refractivity contribution in [1.29, 1.82) is 0 Å². The van der Waals surface area contributed by atoms with Crippen LogP contribution in [-0.4, -0.2) is 12.4 Å². The van der Waals surface area contributed by atoms with Crippen molar-refractivity contribution in [2.24, 2.45) is 0 Å². The first kappa shape index (κ1) is 9.00. The first-order valence-electron chi connectivity index (χ1n) is 4.94. The Kier molecular flexibility index (Phi) is 2.83. The molecule has 0 saturated carbocycles. The number of allylic oxidation sites excluding steroid dienone is 3. The van der Waals surface area contributed by atoms with Gasteiger partial charge in [-0.1, -0.05) is 6.92 Å². The van der Waals surface area contributed by atoms with Gasteiger partial charge in [0, 0.05) is 22.8 Å². The Bertz CT molecular complexity index is 256. The molecule has 1 aliphatic heterocycles. The van der Waals surface area contributed by atoms with Crippen LogP contribution in [0, 0.1) is 0 Å². The van der Waals surface area contributed by atoms with Crippen LogP contribution in [0.4, 0.5) is 0 Å². The molecule has 0 unspecified atom stereocenters. The number of nitrogens with one attached hydrogen (secondary N) is 2. The second-order valence-corrected chi connectivity index (χ2v) is 4.42. The molecule has 0 fully saturated rings. The van der Waals surface area contributed by atoms with Crippen LogP contribution in [0.5, 0.6) is 0 Å². The maximum atomic E-state index is 3.47. The molecule has 72 valence electrons. The molecule has 2 nitrogen and oxygen atoms in total. The highest BCUT2D eigenvalue weighted by Gasteiger charge is 2.17. The second-order valence-electron chi connectivity index (χ2n) is 3.40. The molecule has 0 aromatic rings. The van der Waals surface area contributed by atoms with Crippen LogP contribution in [0.1, 0.15) is 26.2 Å². The largest absolute Gasteiger partial charge is 0.388 e. The molecule has 0 aromatic heterocycles. The van der Waals surface area contributed by atoms with Gasteiger partial charge in [-0.25, -0.2) is 0 Å². The Morgan fingerprint density at radius 2 is 2.46 bits per heavy atom. The van der Waals surface area contributed by atoms with E-state index in [2.05, 4.69) is 23.6 Å². The molecule has 0 saturated heterocycles. The van der Waals surface area contributed by atoms with Crippen molar-refractivity contribution in [3.05, 3.63) is 22.4 Å². The summed E-state index contributed by atoms with van der Waals surface area (Å²) in [6.45, 7) is 3.31. The molecule has 1 aliphatic carbocycles. The fraction of sp³-hybridized carbons (Fsp3) is 0.600. The van der Waals surface area contributed by atoms with E-state index < -0.39 is 0 Å². The molecule has 1 heterocycles. The van der Waals surface area contributed by atoms with E-state index in [0.29, 0.717) is 0 Å². The van der Waals surface area contributed by atoms with Crippen LogP contribution in [0.25, 0.3) is 0 Å². The van der Waals surface area contributed by atoms with Crippen molar-refractivity contribution in [2.75, 3.05) is 12.4 Å². The lowest BCUT2D eigenvalue weighted by molar-refractivity contribution is 0.700. The van der Waals surface area contributed by atoms with Crippen LogP contribution < -0.4 is 10.6 Å². The van der Waals surface area contributed by atoms with Crippen molar-refractivity contribution in [2.45, 2.75) is 26.2 Å². The third kappa shape index (κ3) is 2.02. The summed E-state index contributed by atoms with van der Waals surface area (Å²) in [4.78, 5) is 1.45. The van der Waals surface area contributed by atoms with Gasteiger partial charge in [-0.05, 0) is 25.3 Å². The summed E-state index contributed by atoms with van der Waals surface area (Å²) in [5.41, 5.74) is 2.86. The zero-order chi connectivity index (χ0) is 9.10. The molecule has 0 amide bonds. The van der Waals surface area contributed by atoms with Crippen molar-refractivity contribution >= 4 is 11.8 Å². The minimum atomic E-state index is 1.06. The monoisotopic (exact) mass is 196 g/mol. The lowest BCUT2D eigenvalue weighted by atomic mass is 10.1. The summed E-state index contributed by atoms with van der Waals surface area (Å²) < 4.78 is 0. The molecule has 0 bridgehead atoms. The average Bonchev–Trinajstić information content (AvgIpc) is 2.61. The maximum absolute atomic E-state index is 3.47. The average molecular weight is 196 g/mol. The molecule has 2 rings (SSSR count). The second kappa shape index (κ2) is 4.09. The van der Waals surface area contributed by atoms with Crippen molar-refractivity contribution in [1.82, 2.24) is 10.6 Å². The summed E-state index contributed by atoms with van der Waals surface area (Å²) in [5, 5.41) is 6.88. The highest BCUT2D eigenvalue weighted by atomic mass is 32.2. The Labute approximate surface area is 83.9 Å². The minimum Gasteiger partial charge on any atom is -0.388 e. The molecule has 2 N–H and O–H groups in total. The number of rotatable bonds is 3. The highest BCUT2D eigenvalue weighted by molar-refractivity contribution is 8.03. The molecule has 13 heavy (non-hydrogen) atoms. The van der Waals surface area contributed by atoms with Gasteiger partial charge in [-0.2, -0.15) is 0 Å². The van der Waals surface area contributed by atoms with Gasteiger partial charge in [-0.3, -0.25) is 0 Å². The normalized spacial score (nSPS) is 20.8. The van der Waals surface area contributed by atoms with Gasteiger partial charge in [0.1, 0.15) is 0 Å². The topological polar surface area (TPSA) is 24.1 Å². The molecular weight excluding hydrogens is 180 g/mol. The molecule has 2 aliphatic rings. The van der Waals surface area contributed by atoms with Gasteiger partial charge < -0.3 is 10.6 Å². The maximum Gasteiger partial charge on any atom is 0.0655 e. The first-order chi connectivity index (χ1) is 6.40. The van der Waals surface area contributed by atoms with E-state index >= 15 is 0 Å². The van der Waals surface area contributed by atoms with E-state index in [4.69, 9.17) is 0 Å². The Morgan fingerprint density at radius 1 is 1.54 bits per heavy atom. The summed E-state index contributed by atoms with van der Waals surface area (Å²) in [6.07, 6.45) is 5.87. The van der Waals surface area contributed by atoms with Crippen molar-refractivity contribution in [3.8, 4) is 0 Å². The standard InChI is InChI=1S/C10H16N2S/c1-2-5-11-8-3-4-9-10(6-8)13-7-12-9/h6,11-12H,2-5,7H2,1H3. The van der Waals surface area contributed by atoms with Crippen LogP contribution >= 0.6 is 11.8 Å². The fourth-order valence-electron chi connectivity index (χ4n) is 1.63.